The van der Waals surface area contributed by atoms with Gasteiger partial charge in [0, 0.05) is 25.5 Å². The SMILES string of the molecule is CC(C)(C)OC(=O)NC(Cc1ccc(OC(=O)OC(C)(C)C)cc1F)C(=O)N1CCC(F)(F)C1. The van der Waals surface area contributed by atoms with Crippen LogP contribution < -0.4 is 10.1 Å². The number of amides is 2. The molecule has 0 bridgehead atoms. The van der Waals surface area contributed by atoms with Crippen LogP contribution in [0.2, 0.25) is 0 Å². The predicted octanol–water partition coefficient (Wildman–Crippen LogP) is 4.44. The Balaban J connectivity index is 2.18. The monoisotopic (exact) mass is 488 g/mol. The van der Waals surface area contributed by atoms with Crippen molar-refractivity contribution < 1.29 is 41.8 Å². The van der Waals surface area contributed by atoms with Gasteiger partial charge in [0.25, 0.3) is 5.92 Å². The van der Waals surface area contributed by atoms with Crippen molar-refractivity contribution in [2.45, 2.75) is 77.6 Å². The van der Waals surface area contributed by atoms with Gasteiger partial charge in [0.15, 0.2) is 0 Å². The zero-order chi connectivity index (χ0) is 25.9. The molecule has 2 rings (SSSR count). The van der Waals surface area contributed by atoms with Crippen LogP contribution in [0.4, 0.5) is 22.8 Å². The fourth-order valence-corrected chi connectivity index (χ4v) is 3.14. The molecule has 1 aliphatic rings. The number of halogens is 3. The molecule has 1 heterocycles. The van der Waals surface area contributed by atoms with Crippen LogP contribution in [0.5, 0.6) is 5.75 Å². The Bertz CT molecular complexity index is 924. The van der Waals surface area contributed by atoms with Crippen LogP contribution in [0.15, 0.2) is 18.2 Å². The van der Waals surface area contributed by atoms with Crippen LogP contribution in [0.1, 0.15) is 53.5 Å². The third-order valence-corrected chi connectivity index (χ3v) is 4.51. The molecular formula is C23H31F3N2O6. The molecule has 0 radical (unpaired) electrons. The summed E-state index contributed by atoms with van der Waals surface area (Å²) in [6.45, 7) is 8.80. The zero-order valence-electron chi connectivity index (χ0n) is 20.2. The molecule has 1 unspecified atom stereocenters. The fourth-order valence-electron chi connectivity index (χ4n) is 3.14. The number of ether oxygens (including phenoxy) is 3. The maximum atomic E-state index is 14.8. The fraction of sp³-hybridized carbons (Fsp3) is 0.609. The molecule has 1 atom stereocenters. The first kappa shape index (κ1) is 27.3. The first-order chi connectivity index (χ1) is 15.4. The minimum atomic E-state index is -3.03. The third kappa shape index (κ3) is 8.75. The molecule has 190 valence electrons. The number of carbonyl (C=O) groups is 3. The number of rotatable bonds is 5. The summed E-state index contributed by atoms with van der Waals surface area (Å²) in [5.41, 5.74) is -1.68. The van der Waals surface area contributed by atoms with Crippen LogP contribution in [0.3, 0.4) is 0 Å². The van der Waals surface area contributed by atoms with E-state index in [1.807, 2.05) is 0 Å². The number of carbonyl (C=O) groups excluding carboxylic acids is 3. The Kier molecular flexibility index (Phi) is 8.10. The van der Waals surface area contributed by atoms with Crippen molar-refractivity contribution in [1.82, 2.24) is 10.2 Å². The summed E-state index contributed by atoms with van der Waals surface area (Å²) in [7, 11) is 0. The second kappa shape index (κ2) is 10.1. The van der Waals surface area contributed by atoms with Crippen LogP contribution in [-0.2, 0) is 20.7 Å². The van der Waals surface area contributed by atoms with Crippen molar-refractivity contribution in [3.05, 3.63) is 29.6 Å². The number of alkyl carbamates (subject to hydrolysis) is 1. The smallest absolute Gasteiger partial charge is 0.444 e. The van der Waals surface area contributed by atoms with Crippen LogP contribution >= 0.6 is 0 Å². The average molecular weight is 489 g/mol. The van der Waals surface area contributed by atoms with E-state index in [0.29, 0.717) is 0 Å². The van der Waals surface area contributed by atoms with Gasteiger partial charge in [-0.3, -0.25) is 4.79 Å². The second-order valence-electron chi connectivity index (χ2n) is 10.1. The van der Waals surface area contributed by atoms with Crippen molar-refractivity contribution >= 4 is 18.2 Å². The number of nitrogens with zero attached hydrogens (tertiary/aromatic N) is 1. The van der Waals surface area contributed by atoms with Crippen molar-refractivity contribution in [3.8, 4) is 5.75 Å². The summed E-state index contributed by atoms with van der Waals surface area (Å²) in [6, 6.07) is 2.14. The molecule has 1 saturated heterocycles. The number of hydrogen-bond donors (Lipinski definition) is 1. The number of likely N-dealkylation sites (tertiary alicyclic amines) is 1. The highest BCUT2D eigenvalue weighted by Gasteiger charge is 2.42. The molecule has 11 heteroatoms. The van der Waals surface area contributed by atoms with Gasteiger partial charge in [-0.15, -0.1) is 0 Å². The normalized spacial score (nSPS) is 16.6. The molecule has 0 aromatic heterocycles. The minimum absolute atomic E-state index is 0.00287. The van der Waals surface area contributed by atoms with Gasteiger partial charge >= 0.3 is 12.2 Å². The molecule has 2 amide bonds. The van der Waals surface area contributed by atoms with E-state index < -0.39 is 60.1 Å². The van der Waals surface area contributed by atoms with E-state index in [2.05, 4.69) is 5.32 Å². The lowest BCUT2D eigenvalue weighted by atomic mass is 10.0. The Morgan fingerprint density at radius 3 is 2.21 bits per heavy atom. The lowest BCUT2D eigenvalue weighted by molar-refractivity contribution is -0.133. The van der Waals surface area contributed by atoms with Crippen molar-refractivity contribution in [2.75, 3.05) is 13.1 Å². The molecule has 34 heavy (non-hydrogen) atoms. The van der Waals surface area contributed by atoms with Crippen LogP contribution in [0, 0.1) is 5.82 Å². The molecule has 8 nitrogen and oxygen atoms in total. The van der Waals surface area contributed by atoms with Gasteiger partial charge in [-0.2, -0.15) is 0 Å². The van der Waals surface area contributed by atoms with E-state index in [0.717, 1.165) is 11.0 Å². The van der Waals surface area contributed by atoms with E-state index in [1.165, 1.54) is 12.1 Å². The maximum absolute atomic E-state index is 14.8. The topological polar surface area (TPSA) is 94.2 Å². The van der Waals surface area contributed by atoms with E-state index in [9.17, 15) is 27.6 Å². The van der Waals surface area contributed by atoms with E-state index in [-0.39, 0.29) is 24.3 Å². The minimum Gasteiger partial charge on any atom is -0.444 e. The number of alkyl halides is 2. The summed E-state index contributed by atoms with van der Waals surface area (Å²) < 4.78 is 57.1. The van der Waals surface area contributed by atoms with Crippen LogP contribution in [-0.4, -0.2) is 59.3 Å². The first-order valence-corrected chi connectivity index (χ1v) is 10.8. The highest BCUT2D eigenvalue weighted by molar-refractivity contribution is 5.86. The summed E-state index contributed by atoms with van der Waals surface area (Å²) in [6.07, 6.45) is -2.79. The summed E-state index contributed by atoms with van der Waals surface area (Å²) >= 11 is 0. The summed E-state index contributed by atoms with van der Waals surface area (Å²) in [5, 5.41) is 2.36. The lowest BCUT2D eigenvalue weighted by Crippen LogP contribution is -2.50. The molecule has 0 spiro atoms. The Morgan fingerprint density at radius 2 is 1.71 bits per heavy atom. The maximum Gasteiger partial charge on any atom is 0.514 e. The second-order valence-corrected chi connectivity index (χ2v) is 10.1. The average Bonchev–Trinajstić information content (AvgIpc) is 2.99. The van der Waals surface area contributed by atoms with Crippen molar-refractivity contribution in [2.24, 2.45) is 0 Å². The highest BCUT2D eigenvalue weighted by atomic mass is 19.3. The van der Waals surface area contributed by atoms with E-state index >= 15 is 0 Å². The Labute approximate surface area is 196 Å². The molecule has 1 aromatic rings. The van der Waals surface area contributed by atoms with E-state index in [1.54, 1.807) is 41.5 Å². The molecule has 1 N–H and O–H groups in total. The van der Waals surface area contributed by atoms with Gasteiger partial charge in [0.05, 0.1) is 6.54 Å². The molecule has 0 aliphatic carbocycles. The van der Waals surface area contributed by atoms with Gasteiger partial charge in [-0.05, 0) is 53.2 Å². The van der Waals surface area contributed by atoms with Crippen LogP contribution in [0.25, 0.3) is 0 Å². The zero-order valence-corrected chi connectivity index (χ0v) is 20.2. The van der Waals surface area contributed by atoms with Gasteiger partial charge in [0.1, 0.15) is 28.8 Å². The molecule has 1 aliphatic heterocycles. The molecule has 0 saturated carbocycles. The highest BCUT2D eigenvalue weighted by Crippen LogP contribution is 2.28. The molecule has 1 fully saturated rings. The lowest BCUT2D eigenvalue weighted by Gasteiger charge is -2.26. The van der Waals surface area contributed by atoms with E-state index in [4.69, 9.17) is 14.2 Å². The predicted molar refractivity (Wildman–Crippen MR) is 116 cm³/mol. The van der Waals surface area contributed by atoms with Gasteiger partial charge < -0.3 is 24.4 Å². The van der Waals surface area contributed by atoms with Crippen molar-refractivity contribution in [3.63, 3.8) is 0 Å². The van der Waals surface area contributed by atoms with Gasteiger partial charge in [-0.1, -0.05) is 6.07 Å². The third-order valence-electron chi connectivity index (χ3n) is 4.51. The Morgan fingerprint density at radius 1 is 1.09 bits per heavy atom. The molecular weight excluding hydrogens is 457 g/mol. The number of benzene rings is 1. The van der Waals surface area contributed by atoms with Crippen molar-refractivity contribution in [1.29, 1.82) is 0 Å². The van der Waals surface area contributed by atoms with Gasteiger partial charge in [0.2, 0.25) is 5.91 Å². The van der Waals surface area contributed by atoms with Gasteiger partial charge in [-0.25, -0.2) is 22.8 Å². The number of nitrogens with one attached hydrogen (secondary N) is 1. The summed E-state index contributed by atoms with van der Waals surface area (Å²) in [4.78, 5) is 37.9. The first-order valence-electron chi connectivity index (χ1n) is 10.8. The number of hydrogen-bond acceptors (Lipinski definition) is 6. The Hall–Kier alpha value is -2.98. The quantitative estimate of drug-likeness (QED) is 0.486. The summed E-state index contributed by atoms with van der Waals surface area (Å²) in [5.74, 6) is -4.76. The standard InChI is InChI=1S/C23H31F3N2O6/c1-21(2,3)33-19(30)27-17(18(29)28-10-9-23(25,26)13-28)11-14-7-8-15(12-16(14)24)32-20(31)34-22(4,5)6/h7-8,12,17H,9-11,13H2,1-6H3,(H,27,30). The molecule has 1 aromatic carbocycles. The largest absolute Gasteiger partial charge is 0.514 e.